The summed E-state index contributed by atoms with van der Waals surface area (Å²) >= 11 is 3.37. The molecule has 0 aliphatic carbocycles. The van der Waals surface area contributed by atoms with E-state index in [0.717, 1.165) is 32.4 Å². The maximum atomic E-state index is 12.4. The lowest BCUT2D eigenvalue weighted by Crippen LogP contribution is -2.36. The van der Waals surface area contributed by atoms with Gasteiger partial charge in [0.1, 0.15) is 0 Å². The number of anilines is 1. The molecular weight excluding hydrogens is 434 g/mol. The van der Waals surface area contributed by atoms with E-state index in [9.17, 15) is 14.4 Å². The van der Waals surface area contributed by atoms with E-state index in [4.69, 9.17) is 0 Å². The lowest BCUT2D eigenvalue weighted by Gasteiger charge is -2.18. The summed E-state index contributed by atoms with van der Waals surface area (Å²) in [5.74, 6) is -0.846. The lowest BCUT2D eigenvalue weighted by atomic mass is 10.0. The van der Waals surface area contributed by atoms with Crippen molar-refractivity contribution >= 4 is 39.3 Å². The van der Waals surface area contributed by atoms with Gasteiger partial charge in [-0.05, 0) is 49.6 Å². The molecule has 0 aliphatic heterocycles. The van der Waals surface area contributed by atoms with E-state index in [1.54, 1.807) is 0 Å². The predicted molar refractivity (Wildman–Crippen MR) is 118 cm³/mol. The van der Waals surface area contributed by atoms with Gasteiger partial charge in [0, 0.05) is 17.1 Å². The van der Waals surface area contributed by atoms with Crippen LogP contribution in [0.5, 0.6) is 0 Å². The molecule has 0 heterocycles. The summed E-state index contributed by atoms with van der Waals surface area (Å²) in [6, 6.07) is 10.9. The van der Waals surface area contributed by atoms with Gasteiger partial charge < -0.3 is 16.0 Å². The number of benzene rings is 2. The van der Waals surface area contributed by atoms with Crippen molar-refractivity contribution in [2.45, 2.75) is 40.2 Å². The molecule has 2 rings (SSSR count). The van der Waals surface area contributed by atoms with Crippen molar-refractivity contribution in [3.63, 3.8) is 0 Å². The van der Waals surface area contributed by atoms with Crippen LogP contribution >= 0.6 is 15.9 Å². The highest BCUT2D eigenvalue weighted by atomic mass is 79.9. The number of hydrogen-bond donors (Lipinski definition) is 3. The van der Waals surface area contributed by atoms with Crippen molar-refractivity contribution in [2.75, 3.05) is 11.9 Å². The minimum Gasteiger partial charge on any atom is -0.349 e. The largest absolute Gasteiger partial charge is 0.349 e. The van der Waals surface area contributed by atoms with Crippen LogP contribution in [-0.4, -0.2) is 24.3 Å². The molecule has 3 amide bonds. The van der Waals surface area contributed by atoms with Crippen molar-refractivity contribution < 1.29 is 14.4 Å². The second-order valence-corrected chi connectivity index (χ2v) is 8.02. The van der Waals surface area contributed by atoms with Crippen LogP contribution in [0, 0.1) is 20.8 Å². The first kappa shape index (κ1) is 22.6. The average Bonchev–Trinajstić information content (AvgIpc) is 2.62. The van der Waals surface area contributed by atoms with Gasteiger partial charge in [0.25, 0.3) is 0 Å². The van der Waals surface area contributed by atoms with E-state index in [0.29, 0.717) is 0 Å². The topological polar surface area (TPSA) is 87.3 Å². The zero-order valence-electron chi connectivity index (χ0n) is 17.1. The van der Waals surface area contributed by atoms with E-state index in [1.165, 1.54) is 6.92 Å². The van der Waals surface area contributed by atoms with Crippen LogP contribution in [0.25, 0.3) is 0 Å². The van der Waals surface area contributed by atoms with Gasteiger partial charge in [-0.1, -0.05) is 45.8 Å². The Morgan fingerprint density at radius 1 is 0.966 bits per heavy atom. The first-order valence-electron chi connectivity index (χ1n) is 9.32. The van der Waals surface area contributed by atoms with E-state index in [2.05, 4.69) is 31.9 Å². The Morgan fingerprint density at radius 2 is 1.55 bits per heavy atom. The summed E-state index contributed by atoms with van der Waals surface area (Å²) in [5.41, 5.74) is 4.66. The Balaban J connectivity index is 1.95. The molecule has 29 heavy (non-hydrogen) atoms. The minimum absolute atomic E-state index is 0.0388. The summed E-state index contributed by atoms with van der Waals surface area (Å²) in [5, 5.41) is 8.26. The van der Waals surface area contributed by atoms with Gasteiger partial charge in [0.05, 0.1) is 19.0 Å². The molecule has 0 saturated heterocycles. The number of aryl methyl sites for hydroxylation is 3. The van der Waals surface area contributed by atoms with E-state index in [1.807, 2.05) is 57.2 Å². The Morgan fingerprint density at radius 3 is 2.10 bits per heavy atom. The Bertz CT molecular complexity index is 887. The standard InChI is InChI=1S/C22H26BrN3O3/c1-13-9-14(2)22(15(3)10-13)26-21(29)12-24-20(28)11-19(25-16(4)27)17-5-7-18(23)8-6-17/h5-10,19H,11-12H2,1-4H3,(H,24,28)(H,25,27)(H,26,29). The van der Waals surface area contributed by atoms with E-state index < -0.39 is 6.04 Å². The summed E-state index contributed by atoms with van der Waals surface area (Å²) in [6.45, 7) is 7.14. The molecule has 2 aromatic rings. The molecule has 6 nitrogen and oxygen atoms in total. The molecular formula is C22H26BrN3O3. The maximum Gasteiger partial charge on any atom is 0.243 e. The van der Waals surface area contributed by atoms with Gasteiger partial charge in [0.2, 0.25) is 17.7 Å². The van der Waals surface area contributed by atoms with Gasteiger partial charge in [-0.15, -0.1) is 0 Å². The van der Waals surface area contributed by atoms with Crippen LogP contribution in [0.1, 0.15) is 41.6 Å². The van der Waals surface area contributed by atoms with Gasteiger partial charge in [0.15, 0.2) is 0 Å². The Hall–Kier alpha value is -2.67. The number of carbonyl (C=O) groups is 3. The molecule has 154 valence electrons. The zero-order valence-corrected chi connectivity index (χ0v) is 18.6. The third kappa shape index (κ3) is 7.02. The van der Waals surface area contributed by atoms with Crippen molar-refractivity contribution in [3.8, 4) is 0 Å². The molecule has 0 aliphatic rings. The van der Waals surface area contributed by atoms with E-state index >= 15 is 0 Å². The molecule has 3 N–H and O–H groups in total. The van der Waals surface area contributed by atoms with Crippen molar-refractivity contribution in [3.05, 3.63) is 63.1 Å². The number of carbonyl (C=O) groups excluding carboxylic acids is 3. The smallest absolute Gasteiger partial charge is 0.243 e. The van der Waals surface area contributed by atoms with Crippen LogP contribution < -0.4 is 16.0 Å². The quantitative estimate of drug-likeness (QED) is 0.589. The normalized spacial score (nSPS) is 11.5. The molecule has 0 saturated carbocycles. The van der Waals surface area contributed by atoms with Crippen molar-refractivity contribution in [2.24, 2.45) is 0 Å². The third-order valence-corrected chi connectivity index (χ3v) is 4.96. The summed E-state index contributed by atoms with van der Waals surface area (Å²) < 4.78 is 0.908. The predicted octanol–water partition coefficient (Wildman–Crippen LogP) is 3.70. The monoisotopic (exact) mass is 459 g/mol. The van der Waals surface area contributed by atoms with Crippen LogP contribution in [0.15, 0.2) is 40.9 Å². The number of amides is 3. The molecule has 0 fully saturated rings. The second-order valence-electron chi connectivity index (χ2n) is 7.11. The fourth-order valence-corrected chi connectivity index (χ4v) is 3.45. The van der Waals surface area contributed by atoms with Crippen molar-refractivity contribution in [1.29, 1.82) is 0 Å². The number of rotatable bonds is 7. The van der Waals surface area contributed by atoms with Gasteiger partial charge in [-0.3, -0.25) is 14.4 Å². The Labute approximate surface area is 179 Å². The molecule has 0 bridgehead atoms. The second kappa shape index (κ2) is 10.2. The molecule has 1 unspecified atom stereocenters. The zero-order chi connectivity index (χ0) is 21.6. The van der Waals surface area contributed by atoms with Gasteiger partial charge in [-0.2, -0.15) is 0 Å². The first-order chi connectivity index (χ1) is 13.7. The number of halogens is 1. The number of hydrogen-bond acceptors (Lipinski definition) is 3. The highest BCUT2D eigenvalue weighted by Gasteiger charge is 2.18. The maximum absolute atomic E-state index is 12.4. The molecule has 1 atom stereocenters. The van der Waals surface area contributed by atoms with Crippen LogP contribution in [-0.2, 0) is 14.4 Å². The third-order valence-electron chi connectivity index (χ3n) is 4.43. The summed E-state index contributed by atoms with van der Waals surface area (Å²) in [6.07, 6.45) is 0.0388. The van der Waals surface area contributed by atoms with Gasteiger partial charge >= 0.3 is 0 Å². The molecule has 0 radical (unpaired) electrons. The summed E-state index contributed by atoms with van der Waals surface area (Å²) in [4.78, 5) is 36.2. The van der Waals surface area contributed by atoms with Crippen LogP contribution in [0.2, 0.25) is 0 Å². The van der Waals surface area contributed by atoms with Crippen molar-refractivity contribution in [1.82, 2.24) is 10.6 Å². The fraction of sp³-hybridized carbons (Fsp3) is 0.318. The van der Waals surface area contributed by atoms with Crippen LogP contribution in [0.4, 0.5) is 5.69 Å². The fourth-order valence-electron chi connectivity index (χ4n) is 3.19. The lowest BCUT2D eigenvalue weighted by molar-refractivity contribution is -0.125. The molecule has 0 spiro atoms. The Kier molecular flexibility index (Phi) is 7.96. The number of nitrogens with one attached hydrogen (secondary N) is 3. The first-order valence-corrected chi connectivity index (χ1v) is 10.1. The van der Waals surface area contributed by atoms with Crippen LogP contribution in [0.3, 0.4) is 0 Å². The average molecular weight is 460 g/mol. The highest BCUT2D eigenvalue weighted by molar-refractivity contribution is 9.10. The minimum atomic E-state index is -0.467. The molecule has 0 aromatic heterocycles. The summed E-state index contributed by atoms with van der Waals surface area (Å²) in [7, 11) is 0. The molecule has 7 heteroatoms. The van der Waals surface area contributed by atoms with Gasteiger partial charge in [-0.25, -0.2) is 0 Å². The highest BCUT2D eigenvalue weighted by Crippen LogP contribution is 2.22. The SMILES string of the molecule is CC(=O)NC(CC(=O)NCC(=O)Nc1c(C)cc(C)cc1C)c1ccc(Br)cc1. The van der Waals surface area contributed by atoms with E-state index in [-0.39, 0.29) is 30.7 Å². The molecule has 2 aromatic carbocycles.